The van der Waals surface area contributed by atoms with E-state index in [1.165, 1.54) is 31.3 Å². The molecule has 3 aromatic rings. The zero-order chi connectivity index (χ0) is 34.0. The van der Waals surface area contributed by atoms with Crippen LogP contribution < -0.4 is 24.4 Å². The number of alkyl halides is 3. The highest BCUT2D eigenvalue weighted by molar-refractivity contribution is 6.30. The Balaban J connectivity index is 1.81. The third-order valence-electron chi connectivity index (χ3n) is 7.35. The molecule has 1 unspecified atom stereocenters. The lowest BCUT2D eigenvalue weighted by atomic mass is 9.87. The molecule has 0 spiro atoms. The molecule has 0 aliphatic carbocycles. The predicted molar refractivity (Wildman–Crippen MR) is 169 cm³/mol. The summed E-state index contributed by atoms with van der Waals surface area (Å²) in [4.78, 5) is 21.4. The van der Waals surface area contributed by atoms with Gasteiger partial charge in [0.1, 0.15) is 29.4 Å². The van der Waals surface area contributed by atoms with Gasteiger partial charge in [0.2, 0.25) is 5.60 Å². The summed E-state index contributed by atoms with van der Waals surface area (Å²) in [5, 5.41) is 17.1. The van der Waals surface area contributed by atoms with Gasteiger partial charge in [-0.25, -0.2) is 0 Å². The lowest BCUT2D eigenvalue weighted by Gasteiger charge is -2.28. The Hall–Kier alpha value is -4.63. The van der Waals surface area contributed by atoms with Crippen LogP contribution in [0.3, 0.4) is 0 Å². The van der Waals surface area contributed by atoms with E-state index in [4.69, 9.17) is 25.9 Å². The third-order valence-corrected chi connectivity index (χ3v) is 7.58. The van der Waals surface area contributed by atoms with Gasteiger partial charge in [0.15, 0.2) is 0 Å². The molecule has 13 heteroatoms. The smallest absolute Gasteiger partial charge is 0.497 e. The number of benzene rings is 3. The average molecular weight is 659 g/mol. The van der Waals surface area contributed by atoms with Gasteiger partial charge in [0.25, 0.3) is 5.91 Å². The molecule has 1 aliphatic heterocycles. The minimum Gasteiger partial charge on any atom is -0.497 e. The molecule has 1 atom stereocenters. The zero-order valence-electron chi connectivity index (χ0n) is 26.4. The fourth-order valence-corrected chi connectivity index (χ4v) is 5.21. The summed E-state index contributed by atoms with van der Waals surface area (Å²) in [5.41, 5.74) is 1.14. The number of nitrogens with one attached hydrogen (secondary N) is 1. The van der Waals surface area contributed by atoms with Crippen molar-refractivity contribution < 1.29 is 37.0 Å². The van der Waals surface area contributed by atoms with Crippen LogP contribution in [0.5, 0.6) is 17.2 Å². The number of hydrogen-bond donors (Lipinski definition) is 1. The predicted octanol–water partition coefficient (Wildman–Crippen LogP) is 7.78. The molecule has 1 heterocycles. The van der Waals surface area contributed by atoms with Gasteiger partial charge in [-0.15, -0.1) is 13.2 Å². The van der Waals surface area contributed by atoms with Gasteiger partial charge in [-0.2, -0.15) is 5.26 Å². The first-order valence-corrected chi connectivity index (χ1v) is 14.5. The summed E-state index contributed by atoms with van der Waals surface area (Å²) in [6, 6.07) is 14.9. The molecule has 1 amide bonds. The van der Waals surface area contributed by atoms with E-state index in [1.807, 2.05) is 19.9 Å². The molecule has 0 saturated carbocycles. The van der Waals surface area contributed by atoms with Crippen LogP contribution in [0.25, 0.3) is 0 Å². The largest absolute Gasteiger partial charge is 0.573 e. The summed E-state index contributed by atoms with van der Waals surface area (Å²) in [6.07, 6.45) is -4.90. The molecule has 9 nitrogen and oxygen atoms in total. The second-order valence-electron chi connectivity index (χ2n) is 11.8. The number of rotatable bonds is 10. The zero-order valence-corrected chi connectivity index (χ0v) is 27.1. The van der Waals surface area contributed by atoms with E-state index in [-0.39, 0.29) is 6.54 Å². The normalized spacial score (nSPS) is 15.0. The van der Waals surface area contributed by atoms with E-state index in [1.54, 1.807) is 63.2 Å². The monoisotopic (exact) mass is 658 g/mol. The number of nitriles is 1. The minimum absolute atomic E-state index is 0.186. The molecule has 244 valence electrons. The number of fused-ring (bicyclic) bond motifs is 1. The first-order valence-electron chi connectivity index (χ1n) is 14.1. The van der Waals surface area contributed by atoms with Crippen molar-refractivity contribution in [1.82, 2.24) is 0 Å². The number of carbonyl (C=O) groups excluding carboxylic acids is 1. The van der Waals surface area contributed by atoms with Crippen molar-refractivity contribution >= 4 is 34.6 Å². The molecule has 3 aromatic carbocycles. The Labute approximate surface area is 270 Å². The number of anilines is 2. The molecule has 0 radical (unpaired) electrons. The van der Waals surface area contributed by atoms with Crippen molar-refractivity contribution in [2.75, 3.05) is 31.0 Å². The van der Waals surface area contributed by atoms with E-state index >= 15 is 0 Å². The summed E-state index contributed by atoms with van der Waals surface area (Å²) in [5.74, 6) is -0.154. The number of halogens is 4. The van der Waals surface area contributed by atoms with E-state index in [0.717, 1.165) is 0 Å². The maximum atomic E-state index is 14.6. The van der Waals surface area contributed by atoms with Crippen LogP contribution in [0.2, 0.25) is 5.02 Å². The standard InChI is InChI=1S/C33H34ClF3N4O5/c1-19(40-46-32(4,5)17-38)20-12-22(15-24(13-20)43-6)39-29(25-10-8-21(34)14-28(25)44-7)30(42)41-18-31(2,3)26-11-9-23(16-27(26)41)45-33(35,36)37/h8-16,29,39H,18H2,1-7H3. The highest BCUT2D eigenvalue weighted by Gasteiger charge is 2.42. The van der Waals surface area contributed by atoms with Gasteiger partial charge in [-0.3, -0.25) is 4.79 Å². The van der Waals surface area contributed by atoms with Gasteiger partial charge in [0, 0.05) is 45.9 Å². The third kappa shape index (κ3) is 7.77. The Morgan fingerprint density at radius 3 is 2.41 bits per heavy atom. The molecule has 0 fully saturated rings. The topological polar surface area (TPSA) is 105 Å². The summed E-state index contributed by atoms with van der Waals surface area (Å²) in [6.45, 7) is 8.84. The first-order chi connectivity index (χ1) is 21.5. The molecule has 4 rings (SSSR count). The number of nitrogens with zero attached hydrogens (tertiary/aromatic N) is 3. The van der Waals surface area contributed by atoms with Crippen molar-refractivity contribution in [3.63, 3.8) is 0 Å². The van der Waals surface area contributed by atoms with Crippen LogP contribution in [0.4, 0.5) is 24.5 Å². The average Bonchev–Trinajstić information content (AvgIpc) is 3.26. The van der Waals surface area contributed by atoms with E-state index in [2.05, 4.69) is 15.2 Å². The van der Waals surface area contributed by atoms with Gasteiger partial charge >= 0.3 is 6.36 Å². The van der Waals surface area contributed by atoms with Crippen LogP contribution >= 0.6 is 11.6 Å². The van der Waals surface area contributed by atoms with Gasteiger partial charge < -0.3 is 29.3 Å². The lowest BCUT2D eigenvalue weighted by Crippen LogP contribution is -2.39. The van der Waals surface area contributed by atoms with Gasteiger partial charge in [0.05, 0.1) is 25.6 Å². The molecular formula is C33H34ClF3N4O5. The van der Waals surface area contributed by atoms with Crippen molar-refractivity contribution in [1.29, 1.82) is 5.26 Å². The van der Waals surface area contributed by atoms with E-state index in [0.29, 0.717) is 50.3 Å². The molecule has 0 aromatic heterocycles. The van der Waals surface area contributed by atoms with Gasteiger partial charge in [-0.05, 0) is 56.7 Å². The Bertz CT molecular complexity index is 1700. The number of carbonyl (C=O) groups is 1. The maximum Gasteiger partial charge on any atom is 0.573 e. The van der Waals surface area contributed by atoms with Crippen LogP contribution in [0.1, 0.15) is 57.4 Å². The molecule has 0 bridgehead atoms. The van der Waals surface area contributed by atoms with Crippen molar-refractivity contribution in [3.05, 3.63) is 76.3 Å². The molecule has 1 aliphatic rings. The maximum absolute atomic E-state index is 14.6. The molecule has 1 N–H and O–H groups in total. The summed E-state index contributed by atoms with van der Waals surface area (Å²) >= 11 is 6.25. The SMILES string of the molecule is COc1cc(NC(C(=O)N2CC(C)(C)c3ccc(OC(F)(F)F)cc32)c2ccc(Cl)cc2OC)cc(C(C)=NOC(C)(C)C#N)c1. The fourth-order valence-electron chi connectivity index (χ4n) is 5.05. The molecular weight excluding hydrogens is 625 g/mol. The van der Waals surface area contributed by atoms with Crippen molar-refractivity contribution in [2.45, 2.75) is 58.0 Å². The summed E-state index contributed by atoms with van der Waals surface area (Å²) in [7, 11) is 2.93. The number of methoxy groups -OCH3 is 2. The fraction of sp³-hybridized carbons (Fsp3) is 0.364. The second-order valence-corrected chi connectivity index (χ2v) is 12.3. The highest BCUT2D eigenvalue weighted by Crippen LogP contribution is 2.45. The summed E-state index contributed by atoms with van der Waals surface area (Å²) < 4.78 is 54.6. The van der Waals surface area contributed by atoms with Crippen LogP contribution in [-0.2, 0) is 15.0 Å². The lowest BCUT2D eigenvalue weighted by molar-refractivity contribution is -0.274. The van der Waals surface area contributed by atoms with Crippen molar-refractivity contribution in [3.8, 4) is 23.3 Å². The van der Waals surface area contributed by atoms with Gasteiger partial charge in [-0.1, -0.05) is 42.7 Å². The number of oxime groups is 1. The number of amides is 1. The first kappa shape index (κ1) is 34.2. The Morgan fingerprint density at radius 2 is 1.78 bits per heavy atom. The van der Waals surface area contributed by atoms with E-state index < -0.39 is 35.1 Å². The van der Waals surface area contributed by atoms with Crippen LogP contribution in [-0.4, -0.2) is 44.3 Å². The minimum atomic E-state index is -4.90. The number of hydrogen-bond acceptors (Lipinski definition) is 8. The quantitative estimate of drug-likeness (QED) is 0.175. The second kappa shape index (κ2) is 13.0. The molecule has 0 saturated heterocycles. The van der Waals surface area contributed by atoms with Crippen LogP contribution in [0.15, 0.2) is 59.8 Å². The van der Waals surface area contributed by atoms with Crippen LogP contribution in [0, 0.1) is 11.3 Å². The number of ether oxygens (including phenoxy) is 3. The Morgan fingerprint density at radius 1 is 1.07 bits per heavy atom. The van der Waals surface area contributed by atoms with E-state index in [9.17, 15) is 23.2 Å². The highest BCUT2D eigenvalue weighted by atomic mass is 35.5. The molecule has 46 heavy (non-hydrogen) atoms. The van der Waals surface area contributed by atoms with Crippen molar-refractivity contribution in [2.24, 2.45) is 5.16 Å². The Kier molecular flexibility index (Phi) is 9.68.